The Morgan fingerprint density at radius 3 is 2.81 bits per heavy atom. The van der Waals surface area contributed by atoms with Gasteiger partial charge in [0, 0.05) is 25.2 Å². The molecule has 2 atom stereocenters. The van der Waals surface area contributed by atoms with Crippen molar-refractivity contribution in [2.24, 2.45) is 9.98 Å². The quantitative estimate of drug-likeness (QED) is 0.750. The van der Waals surface area contributed by atoms with E-state index in [1.807, 2.05) is 31.6 Å². The molecule has 0 fully saturated rings. The zero-order valence-corrected chi connectivity index (χ0v) is 9.72. The lowest BCUT2D eigenvalue weighted by Crippen LogP contribution is -2.28. The Labute approximate surface area is 96.4 Å². The van der Waals surface area contributed by atoms with Crippen molar-refractivity contribution in [3.8, 4) is 0 Å². The van der Waals surface area contributed by atoms with Crippen molar-refractivity contribution in [2.75, 3.05) is 7.05 Å². The fourth-order valence-electron chi connectivity index (χ4n) is 1.98. The molecule has 2 unspecified atom stereocenters. The van der Waals surface area contributed by atoms with Gasteiger partial charge in [0.15, 0.2) is 0 Å². The number of dihydropyridines is 2. The molecular formula is C13H17N3. The Bertz CT molecular complexity index is 399. The number of hydrogen-bond acceptors (Lipinski definition) is 3. The molecule has 0 saturated heterocycles. The summed E-state index contributed by atoms with van der Waals surface area (Å²) in [5, 5.41) is 3.19. The average Bonchev–Trinajstić information content (AvgIpc) is 2.39. The summed E-state index contributed by atoms with van der Waals surface area (Å²) >= 11 is 0. The molecule has 3 heteroatoms. The lowest BCUT2D eigenvalue weighted by atomic mass is 9.93. The molecule has 2 aliphatic rings. The van der Waals surface area contributed by atoms with Gasteiger partial charge in [-0.1, -0.05) is 12.2 Å². The molecule has 1 N–H and O–H groups in total. The van der Waals surface area contributed by atoms with Crippen LogP contribution in [-0.2, 0) is 0 Å². The highest BCUT2D eigenvalue weighted by Gasteiger charge is 2.24. The monoisotopic (exact) mass is 215 g/mol. The van der Waals surface area contributed by atoms with Gasteiger partial charge in [0.1, 0.15) is 0 Å². The van der Waals surface area contributed by atoms with Crippen molar-refractivity contribution >= 4 is 12.4 Å². The predicted molar refractivity (Wildman–Crippen MR) is 69.2 cm³/mol. The van der Waals surface area contributed by atoms with Crippen LogP contribution in [0.1, 0.15) is 13.3 Å². The summed E-state index contributed by atoms with van der Waals surface area (Å²) in [6, 6.07) is 0.392. The van der Waals surface area contributed by atoms with Crippen molar-refractivity contribution in [3.63, 3.8) is 0 Å². The summed E-state index contributed by atoms with van der Waals surface area (Å²) in [5.41, 5.74) is 2.41. The molecule has 0 aromatic carbocycles. The van der Waals surface area contributed by atoms with Gasteiger partial charge < -0.3 is 5.32 Å². The number of hydrogen-bond donors (Lipinski definition) is 1. The van der Waals surface area contributed by atoms with Gasteiger partial charge in [-0.2, -0.15) is 0 Å². The van der Waals surface area contributed by atoms with Crippen molar-refractivity contribution in [1.82, 2.24) is 5.32 Å². The van der Waals surface area contributed by atoms with Crippen molar-refractivity contribution < 1.29 is 0 Å². The van der Waals surface area contributed by atoms with E-state index in [-0.39, 0.29) is 12.1 Å². The highest BCUT2D eigenvalue weighted by atomic mass is 14.9. The molecule has 0 amide bonds. The summed E-state index contributed by atoms with van der Waals surface area (Å²) < 4.78 is 0. The first kappa shape index (κ1) is 10.9. The predicted octanol–water partition coefficient (Wildman–Crippen LogP) is 1.89. The van der Waals surface area contributed by atoms with Crippen LogP contribution >= 0.6 is 0 Å². The molecule has 2 rings (SSSR count). The first-order valence-electron chi connectivity index (χ1n) is 5.59. The molecule has 0 radical (unpaired) electrons. The molecule has 16 heavy (non-hydrogen) atoms. The van der Waals surface area contributed by atoms with Crippen LogP contribution < -0.4 is 5.32 Å². The van der Waals surface area contributed by atoms with E-state index < -0.39 is 0 Å². The maximum Gasteiger partial charge on any atom is 0.0991 e. The third-order valence-electron chi connectivity index (χ3n) is 2.98. The summed E-state index contributed by atoms with van der Waals surface area (Å²) in [4.78, 5) is 9.04. The second kappa shape index (κ2) is 4.92. The van der Waals surface area contributed by atoms with Crippen LogP contribution in [0.15, 0.2) is 45.6 Å². The average molecular weight is 215 g/mol. The second-order valence-electron chi connectivity index (χ2n) is 3.96. The first-order chi connectivity index (χ1) is 7.83. The highest BCUT2D eigenvalue weighted by molar-refractivity contribution is 5.76. The standard InChI is InChI=1S/C13H17N3/c1-10(14-2)11-6-5-9-16-13(11)12-7-3-4-8-15-12/h3-6,8-9,12-14H,7H2,1-2H3/b11-10+. The van der Waals surface area contributed by atoms with Crippen molar-refractivity contribution in [3.05, 3.63) is 35.6 Å². The van der Waals surface area contributed by atoms with Gasteiger partial charge >= 0.3 is 0 Å². The Kier molecular flexibility index (Phi) is 3.34. The Morgan fingerprint density at radius 2 is 2.12 bits per heavy atom. The second-order valence-corrected chi connectivity index (χ2v) is 3.96. The number of aliphatic imine (C=N–C) groups is 2. The molecule has 2 aliphatic heterocycles. The van der Waals surface area contributed by atoms with E-state index in [0.29, 0.717) is 0 Å². The van der Waals surface area contributed by atoms with Crippen LogP contribution in [0.3, 0.4) is 0 Å². The zero-order valence-electron chi connectivity index (χ0n) is 9.72. The molecule has 0 bridgehead atoms. The summed E-state index contributed by atoms with van der Waals surface area (Å²) in [5.74, 6) is 0. The minimum Gasteiger partial charge on any atom is -0.391 e. The Hall–Kier alpha value is -1.64. The normalized spacial score (nSPS) is 30.6. The maximum absolute atomic E-state index is 4.55. The van der Waals surface area contributed by atoms with Gasteiger partial charge in [0.05, 0.1) is 12.1 Å². The highest BCUT2D eigenvalue weighted by Crippen LogP contribution is 2.23. The lowest BCUT2D eigenvalue weighted by Gasteiger charge is -2.25. The largest absolute Gasteiger partial charge is 0.391 e. The first-order valence-corrected chi connectivity index (χ1v) is 5.59. The lowest BCUT2D eigenvalue weighted by molar-refractivity contribution is 0.589. The minimum atomic E-state index is 0.152. The van der Waals surface area contributed by atoms with Gasteiger partial charge in [0.2, 0.25) is 0 Å². The van der Waals surface area contributed by atoms with E-state index in [4.69, 9.17) is 0 Å². The van der Waals surface area contributed by atoms with E-state index in [0.717, 1.165) is 6.42 Å². The van der Waals surface area contributed by atoms with Gasteiger partial charge in [0.25, 0.3) is 0 Å². The summed E-state index contributed by atoms with van der Waals surface area (Å²) in [7, 11) is 1.94. The number of rotatable bonds is 2. The fourth-order valence-corrected chi connectivity index (χ4v) is 1.98. The Morgan fingerprint density at radius 1 is 1.31 bits per heavy atom. The van der Waals surface area contributed by atoms with Crippen LogP contribution in [0.2, 0.25) is 0 Å². The van der Waals surface area contributed by atoms with Gasteiger partial charge in [-0.05, 0) is 31.1 Å². The van der Waals surface area contributed by atoms with E-state index in [9.17, 15) is 0 Å². The van der Waals surface area contributed by atoms with Crippen LogP contribution in [0.4, 0.5) is 0 Å². The van der Waals surface area contributed by atoms with E-state index in [1.165, 1.54) is 11.3 Å². The molecule has 0 aromatic heterocycles. The number of allylic oxidation sites excluding steroid dienone is 3. The van der Waals surface area contributed by atoms with Gasteiger partial charge in [-0.15, -0.1) is 0 Å². The summed E-state index contributed by atoms with van der Waals surface area (Å²) in [6.45, 7) is 2.08. The molecule has 0 aromatic rings. The van der Waals surface area contributed by atoms with E-state index >= 15 is 0 Å². The number of nitrogens with zero attached hydrogens (tertiary/aromatic N) is 2. The third kappa shape index (κ3) is 2.13. The smallest absolute Gasteiger partial charge is 0.0991 e. The van der Waals surface area contributed by atoms with Crippen LogP contribution in [-0.4, -0.2) is 31.6 Å². The van der Waals surface area contributed by atoms with E-state index in [2.05, 4.69) is 34.4 Å². The van der Waals surface area contributed by atoms with Crippen LogP contribution in [0, 0.1) is 0 Å². The van der Waals surface area contributed by atoms with Gasteiger partial charge in [-0.3, -0.25) is 9.98 Å². The van der Waals surface area contributed by atoms with E-state index in [1.54, 1.807) is 0 Å². The molecule has 3 nitrogen and oxygen atoms in total. The molecular weight excluding hydrogens is 198 g/mol. The SMILES string of the molecule is CN/C(C)=C1\C=CC=NC1C1CC=CC=N1. The van der Waals surface area contributed by atoms with Crippen molar-refractivity contribution in [2.45, 2.75) is 25.4 Å². The molecule has 0 spiro atoms. The molecule has 0 saturated carbocycles. The third-order valence-corrected chi connectivity index (χ3v) is 2.98. The molecule has 0 aliphatic carbocycles. The molecule has 84 valence electrons. The van der Waals surface area contributed by atoms with Crippen LogP contribution in [0.25, 0.3) is 0 Å². The van der Waals surface area contributed by atoms with Crippen LogP contribution in [0.5, 0.6) is 0 Å². The Balaban J connectivity index is 2.25. The number of nitrogens with one attached hydrogen (secondary N) is 1. The minimum absolute atomic E-state index is 0.152. The zero-order chi connectivity index (χ0) is 11.4. The maximum atomic E-state index is 4.55. The summed E-state index contributed by atoms with van der Waals surface area (Å²) in [6.07, 6.45) is 12.9. The van der Waals surface area contributed by atoms with Crippen molar-refractivity contribution in [1.29, 1.82) is 0 Å². The molecule has 2 heterocycles. The topological polar surface area (TPSA) is 36.8 Å². The van der Waals surface area contributed by atoms with Gasteiger partial charge in [-0.25, -0.2) is 0 Å². The fraction of sp³-hybridized carbons (Fsp3) is 0.385.